The summed E-state index contributed by atoms with van der Waals surface area (Å²) in [5.41, 5.74) is 3.71. The Labute approximate surface area is 148 Å². The lowest BCUT2D eigenvalue weighted by Crippen LogP contribution is -2.37. The van der Waals surface area contributed by atoms with Gasteiger partial charge in [0.05, 0.1) is 0 Å². The summed E-state index contributed by atoms with van der Waals surface area (Å²) in [4.78, 5) is 12.1. The molecule has 1 unspecified atom stereocenters. The second-order valence-corrected chi connectivity index (χ2v) is 7.01. The average Bonchev–Trinajstić information content (AvgIpc) is 2.56. The Hall–Kier alpha value is -1.94. The monoisotopic (exact) mass is 343 g/mol. The molecule has 1 N–H and O–H groups in total. The van der Waals surface area contributed by atoms with Crippen LogP contribution >= 0.6 is 11.8 Å². The molecule has 0 fully saturated rings. The number of carbonyl (C=O) groups is 1. The molecular formula is C20H25NO2S. The van der Waals surface area contributed by atoms with Gasteiger partial charge in [0.15, 0.2) is 6.10 Å². The fourth-order valence-electron chi connectivity index (χ4n) is 2.21. The molecule has 1 atom stereocenters. The molecule has 24 heavy (non-hydrogen) atoms. The molecule has 0 aliphatic heterocycles. The fourth-order valence-corrected chi connectivity index (χ4v) is 3.03. The normalized spacial score (nSPS) is 11.8. The highest BCUT2D eigenvalue weighted by atomic mass is 32.2. The lowest BCUT2D eigenvalue weighted by molar-refractivity contribution is -0.127. The summed E-state index contributed by atoms with van der Waals surface area (Å²) in [7, 11) is 0. The Balaban J connectivity index is 1.64. The van der Waals surface area contributed by atoms with Crippen LogP contribution in [0.4, 0.5) is 0 Å². The Morgan fingerprint density at radius 1 is 1.12 bits per heavy atom. The van der Waals surface area contributed by atoms with Crippen LogP contribution in [-0.2, 0) is 10.5 Å². The minimum atomic E-state index is -0.492. The number of aryl methyl sites for hydroxylation is 2. The second kappa shape index (κ2) is 9.38. The molecule has 4 heteroatoms. The van der Waals surface area contributed by atoms with Crippen molar-refractivity contribution in [2.75, 3.05) is 12.3 Å². The number of ether oxygens (including phenoxy) is 1. The van der Waals surface area contributed by atoms with Gasteiger partial charge in [-0.1, -0.05) is 42.0 Å². The van der Waals surface area contributed by atoms with Crippen molar-refractivity contribution in [2.24, 2.45) is 0 Å². The van der Waals surface area contributed by atoms with Gasteiger partial charge in [-0.25, -0.2) is 0 Å². The zero-order valence-electron chi connectivity index (χ0n) is 14.5. The van der Waals surface area contributed by atoms with Crippen molar-refractivity contribution in [1.29, 1.82) is 0 Å². The number of benzene rings is 2. The maximum absolute atomic E-state index is 12.1. The number of rotatable bonds is 8. The largest absolute Gasteiger partial charge is 0.481 e. The molecule has 2 rings (SSSR count). The van der Waals surface area contributed by atoms with Gasteiger partial charge in [0.1, 0.15) is 5.75 Å². The highest BCUT2D eigenvalue weighted by molar-refractivity contribution is 7.98. The van der Waals surface area contributed by atoms with Crippen LogP contribution in [0.15, 0.2) is 48.5 Å². The topological polar surface area (TPSA) is 38.3 Å². The van der Waals surface area contributed by atoms with Gasteiger partial charge in [-0.2, -0.15) is 11.8 Å². The van der Waals surface area contributed by atoms with Gasteiger partial charge in [-0.05, 0) is 44.0 Å². The molecule has 0 saturated heterocycles. The smallest absolute Gasteiger partial charge is 0.260 e. The summed E-state index contributed by atoms with van der Waals surface area (Å²) in [5, 5.41) is 2.93. The highest BCUT2D eigenvalue weighted by Gasteiger charge is 2.13. The van der Waals surface area contributed by atoms with Gasteiger partial charge in [-0.15, -0.1) is 0 Å². The number of thioether (sulfide) groups is 1. The number of carbonyl (C=O) groups excluding carboxylic acids is 1. The summed E-state index contributed by atoms with van der Waals surface area (Å²) in [6.07, 6.45) is -0.492. The third-order valence-corrected chi connectivity index (χ3v) is 4.64. The Bertz CT molecular complexity index is 655. The van der Waals surface area contributed by atoms with Crippen LogP contribution < -0.4 is 10.1 Å². The standard InChI is InChI=1S/C20H25NO2S/c1-15-7-9-18(10-8-15)14-24-12-11-21-20(22)17(3)23-19-6-4-5-16(2)13-19/h4-10,13,17H,11-12,14H2,1-3H3,(H,21,22). The van der Waals surface area contributed by atoms with E-state index in [9.17, 15) is 4.79 Å². The summed E-state index contributed by atoms with van der Waals surface area (Å²) in [6, 6.07) is 16.3. The molecular weight excluding hydrogens is 318 g/mol. The molecule has 128 valence electrons. The van der Waals surface area contributed by atoms with E-state index in [2.05, 4.69) is 36.5 Å². The van der Waals surface area contributed by atoms with E-state index >= 15 is 0 Å². The lowest BCUT2D eigenvalue weighted by Gasteiger charge is -2.15. The van der Waals surface area contributed by atoms with Crippen molar-refractivity contribution in [3.05, 3.63) is 65.2 Å². The predicted molar refractivity (Wildman–Crippen MR) is 102 cm³/mol. The zero-order chi connectivity index (χ0) is 17.4. The van der Waals surface area contributed by atoms with Gasteiger partial charge in [-0.3, -0.25) is 4.79 Å². The van der Waals surface area contributed by atoms with Crippen molar-refractivity contribution in [3.63, 3.8) is 0 Å². The summed E-state index contributed by atoms with van der Waals surface area (Å²) in [6.45, 7) is 6.52. The number of nitrogens with one attached hydrogen (secondary N) is 1. The highest BCUT2D eigenvalue weighted by Crippen LogP contribution is 2.14. The Morgan fingerprint density at radius 2 is 1.88 bits per heavy atom. The van der Waals surface area contributed by atoms with E-state index in [1.54, 1.807) is 6.92 Å². The van der Waals surface area contributed by atoms with E-state index in [1.165, 1.54) is 11.1 Å². The summed E-state index contributed by atoms with van der Waals surface area (Å²) in [5.74, 6) is 2.50. The third-order valence-electron chi connectivity index (χ3n) is 3.61. The van der Waals surface area contributed by atoms with Crippen LogP contribution in [0.2, 0.25) is 0 Å². The van der Waals surface area contributed by atoms with Crippen molar-refractivity contribution >= 4 is 17.7 Å². The number of hydrogen-bond acceptors (Lipinski definition) is 3. The maximum Gasteiger partial charge on any atom is 0.260 e. The van der Waals surface area contributed by atoms with E-state index in [0.717, 1.165) is 22.8 Å². The Kier molecular flexibility index (Phi) is 7.19. The molecule has 0 aromatic heterocycles. The van der Waals surface area contributed by atoms with Crippen molar-refractivity contribution in [1.82, 2.24) is 5.32 Å². The minimum absolute atomic E-state index is 0.0764. The van der Waals surface area contributed by atoms with Crippen LogP contribution in [0.3, 0.4) is 0 Å². The Morgan fingerprint density at radius 3 is 2.58 bits per heavy atom. The number of amides is 1. The zero-order valence-corrected chi connectivity index (χ0v) is 15.4. The van der Waals surface area contributed by atoms with Crippen molar-refractivity contribution in [3.8, 4) is 5.75 Å². The maximum atomic E-state index is 12.1. The number of hydrogen-bond donors (Lipinski definition) is 1. The first-order valence-electron chi connectivity index (χ1n) is 8.19. The molecule has 2 aromatic rings. The average molecular weight is 343 g/mol. The third kappa shape index (κ3) is 6.28. The van der Waals surface area contributed by atoms with Gasteiger partial charge >= 0.3 is 0 Å². The van der Waals surface area contributed by atoms with Gasteiger partial charge < -0.3 is 10.1 Å². The van der Waals surface area contributed by atoms with Gasteiger partial charge in [0.2, 0.25) is 0 Å². The molecule has 2 aromatic carbocycles. The van der Waals surface area contributed by atoms with E-state index in [0.29, 0.717) is 6.54 Å². The predicted octanol–water partition coefficient (Wildman–Crippen LogP) is 4.12. The first-order valence-corrected chi connectivity index (χ1v) is 9.34. The van der Waals surface area contributed by atoms with E-state index < -0.39 is 6.10 Å². The molecule has 1 amide bonds. The summed E-state index contributed by atoms with van der Waals surface area (Å²) >= 11 is 1.82. The molecule has 3 nitrogen and oxygen atoms in total. The molecule has 0 aliphatic carbocycles. The van der Waals surface area contributed by atoms with Crippen LogP contribution in [0.25, 0.3) is 0 Å². The SMILES string of the molecule is Cc1ccc(CSCCNC(=O)C(C)Oc2cccc(C)c2)cc1. The van der Waals surface area contributed by atoms with Crippen LogP contribution in [-0.4, -0.2) is 24.3 Å². The molecule has 0 radical (unpaired) electrons. The first kappa shape index (κ1) is 18.4. The van der Waals surface area contributed by atoms with Crippen LogP contribution in [0.5, 0.6) is 5.75 Å². The van der Waals surface area contributed by atoms with Crippen LogP contribution in [0, 0.1) is 13.8 Å². The first-order chi connectivity index (χ1) is 11.5. The van der Waals surface area contributed by atoms with Crippen molar-refractivity contribution < 1.29 is 9.53 Å². The molecule has 0 bridgehead atoms. The molecule has 0 aliphatic rings. The molecule has 0 heterocycles. The van der Waals surface area contributed by atoms with Crippen LogP contribution in [0.1, 0.15) is 23.6 Å². The van der Waals surface area contributed by atoms with E-state index in [-0.39, 0.29) is 5.91 Å². The fraction of sp³-hybridized carbons (Fsp3) is 0.350. The van der Waals surface area contributed by atoms with Gasteiger partial charge in [0, 0.05) is 18.1 Å². The molecule has 0 saturated carbocycles. The lowest BCUT2D eigenvalue weighted by atomic mass is 10.2. The van der Waals surface area contributed by atoms with Crippen molar-refractivity contribution in [2.45, 2.75) is 32.6 Å². The quantitative estimate of drug-likeness (QED) is 0.733. The van der Waals surface area contributed by atoms with Gasteiger partial charge in [0.25, 0.3) is 5.91 Å². The second-order valence-electron chi connectivity index (χ2n) is 5.91. The molecule has 0 spiro atoms. The minimum Gasteiger partial charge on any atom is -0.481 e. The van der Waals surface area contributed by atoms with E-state index in [4.69, 9.17) is 4.74 Å². The summed E-state index contributed by atoms with van der Waals surface area (Å²) < 4.78 is 5.68. The van der Waals surface area contributed by atoms with E-state index in [1.807, 2.05) is 43.0 Å².